The van der Waals surface area contributed by atoms with Crippen LogP contribution in [-0.2, 0) is 4.79 Å². The Morgan fingerprint density at radius 1 is 0.677 bits per heavy atom. The number of hydrogen-bond acceptors (Lipinski definition) is 3. The van der Waals surface area contributed by atoms with E-state index in [0.717, 1.165) is 0 Å². The molecule has 1 atom stereocenters. The zero-order valence-corrected chi connectivity index (χ0v) is 17.5. The number of amides is 3. The van der Waals surface area contributed by atoms with Gasteiger partial charge in [0.2, 0.25) is 5.91 Å². The zero-order chi connectivity index (χ0) is 22.2. The van der Waals surface area contributed by atoms with E-state index in [2.05, 4.69) is 16.0 Å². The minimum Gasteiger partial charge on any atom is -0.340 e. The lowest BCUT2D eigenvalue weighted by molar-refractivity contribution is -0.118. The molecule has 0 unspecified atom stereocenters. The average molecular weight is 415 g/mol. The summed E-state index contributed by atoms with van der Waals surface area (Å²) in [5, 5.41) is 8.41. The summed E-state index contributed by atoms with van der Waals surface area (Å²) in [5.74, 6) is -1.20. The monoisotopic (exact) mass is 415 g/mol. The molecule has 3 N–H and O–H groups in total. The number of carbonyl (C=O) groups excluding carboxylic acids is 3. The van der Waals surface area contributed by atoms with Crippen LogP contribution in [0.5, 0.6) is 0 Å². The second kappa shape index (κ2) is 10.2. The first-order valence-electron chi connectivity index (χ1n) is 10.1. The smallest absolute Gasteiger partial charge is 0.255 e. The molecular formula is C25H25N3O3. The van der Waals surface area contributed by atoms with Crippen LogP contribution >= 0.6 is 0 Å². The maximum absolute atomic E-state index is 13.0. The van der Waals surface area contributed by atoms with Gasteiger partial charge in [-0.2, -0.15) is 0 Å². The maximum atomic E-state index is 13.0. The third-order valence-corrected chi connectivity index (χ3v) is 4.73. The molecule has 0 saturated heterocycles. The van der Waals surface area contributed by atoms with Gasteiger partial charge in [-0.05, 0) is 42.3 Å². The second-order valence-corrected chi connectivity index (χ2v) is 7.42. The van der Waals surface area contributed by atoms with E-state index in [9.17, 15) is 14.4 Å². The van der Waals surface area contributed by atoms with Crippen molar-refractivity contribution in [2.75, 3.05) is 10.6 Å². The molecule has 0 aromatic heterocycles. The summed E-state index contributed by atoms with van der Waals surface area (Å²) in [6.45, 7) is 3.72. The summed E-state index contributed by atoms with van der Waals surface area (Å²) in [6, 6.07) is 23.8. The molecular weight excluding hydrogens is 390 g/mol. The SMILES string of the molecule is CC(C)[C@H](NC(=O)c1ccccc1NC(=O)c1ccccc1)C(=O)Nc1ccccc1. The molecule has 0 radical (unpaired) electrons. The molecule has 0 aliphatic rings. The molecule has 31 heavy (non-hydrogen) atoms. The first-order valence-corrected chi connectivity index (χ1v) is 10.1. The summed E-state index contributed by atoms with van der Waals surface area (Å²) in [5.41, 5.74) is 1.80. The summed E-state index contributed by atoms with van der Waals surface area (Å²) in [4.78, 5) is 38.3. The number of benzene rings is 3. The quantitative estimate of drug-likeness (QED) is 0.537. The molecule has 3 aromatic rings. The Balaban J connectivity index is 1.75. The highest BCUT2D eigenvalue weighted by molar-refractivity contribution is 6.10. The number of anilines is 2. The van der Waals surface area contributed by atoms with Crippen LogP contribution in [0.2, 0.25) is 0 Å². The van der Waals surface area contributed by atoms with Gasteiger partial charge in [-0.25, -0.2) is 0 Å². The van der Waals surface area contributed by atoms with Crippen molar-refractivity contribution in [3.8, 4) is 0 Å². The van der Waals surface area contributed by atoms with E-state index in [1.54, 1.807) is 60.7 Å². The molecule has 0 heterocycles. The summed E-state index contributed by atoms with van der Waals surface area (Å²) >= 11 is 0. The van der Waals surface area contributed by atoms with Gasteiger partial charge in [0, 0.05) is 11.3 Å². The van der Waals surface area contributed by atoms with Crippen molar-refractivity contribution in [1.29, 1.82) is 0 Å². The van der Waals surface area contributed by atoms with Crippen LogP contribution in [0.15, 0.2) is 84.9 Å². The molecule has 3 aromatic carbocycles. The number of hydrogen-bond donors (Lipinski definition) is 3. The normalized spacial score (nSPS) is 11.5. The molecule has 6 nitrogen and oxygen atoms in total. The Morgan fingerprint density at radius 2 is 1.26 bits per heavy atom. The molecule has 0 bridgehead atoms. The fourth-order valence-corrected chi connectivity index (χ4v) is 3.07. The molecule has 0 aliphatic carbocycles. The lowest BCUT2D eigenvalue weighted by Gasteiger charge is -2.22. The molecule has 0 saturated carbocycles. The molecule has 0 fully saturated rings. The third kappa shape index (κ3) is 5.79. The van der Waals surface area contributed by atoms with E-state index < -0.39 is 11.9 Å². The van der Waals surface area contributed by atoms with Crippen LogP contribution in [0.3, 0.4) is 0 Å². The number of rotatable bonds is 7. The van der Waals surface area contributed by atoms with Gasteiger partial charge in [-0.1, -0.05) is 62.4 Å². The number of nitrogens with one attached hydrogen (secondary N) is 3. The van der Waals surface area contributed by atoms with Crippen molar-refractivity contribution in [3.63, 3.8) is 0 Å². The molecule has 6 heteroatoms. The zero-order valence-electron chi connectivity index (χ0n) is 17.5. The van der Waals surface area contributed by atoms with Crippen LogP contribution in [0.4, 0.5) is 11.4 Å². The highest BCUT2D eigenvalue weighted by atomic mass is 16.2. The number of carbonyl (C=O) groups is 3. The van der Waals surface area contributed by atoms with E-state index in [1.165, 1.54) is 0 Å². The topological polar surface area (TPSA) is 87.3 Å². The highest BCUT2D eigenvalue weighted by Gasteiger charge is 2.26. The highest BCUT2D eigenvalue weighted by Crippen LogP contribution is 2.18. The molecule has 158 valence electrons. The van der Waals surface area contributed by atoms with Crippen molar-refractivity contribution in [3.05, 3.63) is 96.1 Å². The van der Waals surface area contributed by atoms with Crippen molar-refractivity contribution in [2.24, 2.45) is 5.92 Å². The fraction of sp³-hybridized carbons (Fsp3) is 0.160. The lowest BCUT2D eigenvalue weighted by atomic mass is 10.0. The van der Waals surface area contributed by atoms with Gasteiger partial charge in [0.05, 0.1) is 11.3 Å². The van der Waals surface area contributed by atoms with Gasteiger partial charge in [0.15, 0.2) is 0 Å². The molecule has 3 amide bonds. The Kier molecular flexibility index (Phi) is 7.17. The van der Waals surface area contributed by atoms with E-state index in [1.807, 2.05) is 38.1 Å². The lowest BCUT2D eigenvalue weighted by Crippen LogP contribution is -2.47. The largest absolute Gasteiger partial charge is 0.340 e. The number of para-hydroxylation sites is 2. The van der Waals surface area contributed by atoms with Crippen LogP contribution in [-0.4, -0.2) is 23.8 Å². The van der Waals surface area contributed by atoms with E-state index >= 15 is 0 Å². The van der Waals surface area contributed by atoms with Crippen LogP contribution in [0.1, 0.15) is 34.6 Å². The summed E-state index contributed by atoms with van der Waals surface area (Å²) < 4.78 is 0. The minimum absolute atomic E-state index is 0.140. The predicted molar refractivity (Wildman–Crippen MR) is 122 cm³/mol. The van der Waals surface area contributed by atoms with Gasteiger partial charge in [-0.15, -0.1) is 0 Å². The van der Waals surface area contributed by atoms with Crippen LogP contribution in [0, 0.1) is 5.92 Å². The van der Waals surface area contributed by atoms with Crippen molar-refractivity contribution >= 4 is 29.1 Å². The average Bonchev–Trinajstić information content (AvgIpc) is 2.78. The fourth-order valence-electron chi connectivity index (χ4n) is 3.07. The van der Waals surface area contributed by atoms with Crippen LogP contribution < -0.4 is 16.0 Å². The van der Waals surface area contributed by atoms with Crippen molar-refractivity contribution in [2.45, 2.75) is 19.9 Å². The van der Waals surface area contributed by atoms with Crippen molar-refractivity contribution in [1.82, 2.24) is 5.32 Å². The van der Waals surface area contributed by atoms with E-state index in [-0.39, 0.29) is 23.3 Å². The Hall–Kier alpha value is -3.93. The second-order valence-electron chi connectivity index (χ2n) is 7.42. The summed E-state index contributed by atoms with van der Waals surface area (Å²) in [7, 11) is 0. The van der Waals surface area contributed by atoms with Gasteiger partial charge in [-0.3, -0.25) is 14.4 Å². The molecule has 0 aliphatic heterocycles. The van der Waals surface area contributed by atoms with E-state index in [4.69, 9.17) is 0 Å². The van der Waals surface area contributed by atoms with Gasteiger partial charge >= 0.3 is 0 Å². The van der Waals surface area contributed by atoms with Gasteiger partial charge in [0.25, 0.3) is 11.8 Å². The van der Waals surface area contributed by atoms with E-state index in [0.29, 0.717) is 16.9 Å². The Labute approximate surface area is 181 Å². The van der Waals surface area contributed by atoms with Gasteiger partial charge in [0.1, 0.15) is 6.04 Å². The molecule has 0 spiro atoms. The Bertz CT molecular complexity index is 1050. The summed E-state index contributed by atoms with van der Waals surface area (Å²) in [6.07, 6.45) is 0. The third-order valence-electron chi connectivity index (χ3n) is 4.73. The van der Waals surface area contributed by atoms with Gasteiger partial charge < -0.3 is 16.0 Å². The molecule has 3 rings (SSSR count). The van der Waals surface area contributed by atoms with Crippen molar-refractivity contribution < 1.29 is 14.4 Å². The standard InChI is InChI=1S/C25H25N3O3/c1-17(2)22(25(31)26-19-13-7-4-8-14-19)28-24(30)20-15-9-10-16-21(20)27-23(29)18-11-5-3-6-12-18/h3-17,22H,1-2H3,(H,26,31)(H,27,29)(H,28,30)/t22-/m0/s1. The minimum atomic E-state index is -0.745. The van der Waals surface area contributed by atoms with Crippen LogP contribution in [0.25, 0.3) is 0 Å². The maximum Gasteiger partial charge on any atom is 0.255 e. The first-order chi connectivity index (χ1) is 15.0. The Morgan fingerprint density at radius 3 is 1.90 bits per heavy atom. The first kappa shape index (κ1) is 21.8. The predicted octanol–water partition coefficient (Wildman–Crippen LogP) is 4.33.